The van der Waals surface area contributed by atoms with E-state index in [-0.39, 0.29) is 30.6 Å². The van der Waals surface area contributed by atoms with Crippen LogP contribution in [0.15, 0.2) is 68.7 Å². The highest BCUT2D eigenvalue weighted by molar-refractivity contribution is 5.81. The lowest BCUT2D eigenvalue weighted by Crippen LogP contribution is -2.42. The van der Waals surface area contributed by atoms with Gasteiger partial charge in [-0.15, -0.1) is 0 Å². The average Bonchev–Trinajstić information content (AvgIpc) is 3.05. The Bertz CT molecular complexity index is 1300. The maximum atomic E-state index is 12.5. The maximum Gasteiger partial charge on any atom is 0.420 e. The molecule has 8 heteroatoms. The molecule has 8 nitrogen and oxygen atoms in total. The van der Waals surface area contributed by atoms with Crippen LogP contribution in [0.25, 0.3) is 21.9 Å². The van der Waals surface area contributed by atoms with Crippen LogP contribution in [0, 0.1) is 0 Å². The molecule has 1 amide bonds. The van der Waals surface area contributed by atoms with Crippen LogP contribution >= 0.6 is 0 Å². The second-order valence-electron chi connectivity index (χ2n) is 6.81. The van der Waals surface area contributed by atoms with Crippen LogP contribution in [0.5, 0.6) is 0 Å². The number of nitrogens with one attached hydrogen (secondary N) is 1. The van der Waals surface area contributed by atoms with Gasteiger partial charge in [-0.3, -0.25) is 14.2 Å². The van der Waals surface area contributed by atoms with E-state index in [1.807, 2.05) is 19.1 Å². The fourth-order valence-electron chi connectivity index (χ4n) is 3.33. The Morgan fingerprint density at radius 3 is 2.72 bits per heavy atom. The van der Waals surface area contributed by atoms with Crippen LogP contribution < -0.4 is 16.6 Å². The van der Waals surface area contributed by atoms with E-state index in [9.17, 15) is 14.4 Å². The highest BCUT2D eigenvalue weighted by atomic mass is 16.4. The van der Waals surface area contributed by atoms with E-state index in [1.54, 1.807) is 42.6 Å². The normalized spacial score (nSPS) is 12.3. The molecule has 0 bridgehead atoms. The molecule has 0 fully saturated rings. The van der Waals surface area contributed by atoms with Gasteiger partial charge in [-0.2, -0.15) is 5.10 Å². The number of carbonyl (C=O) groups is 1. The topological polar surface area (TPSA) is 99.1 Å². The molecule has 0 unspecified atom stereocenters. The van der Waals surface area contributed by atoms with Gasteiger partial charge in [0.2, 0.25) is 5.91 Å². The molecule has 4 rings (SSSR count). The predicted molar refractivity (Wildman–Crippen MR) is 109 cm³/mol. The number of hydrogen-bond acceptors (Lipinski definition) is 5. The number of benzene rings is 2. The molecule has 148 valence electrons. The second-order valence-corrected chi connectivity index (χ2v) is 6.81. The first-order chi connectivity index (χ1) is 14.1. The maximum absolute atomic E-state index is 12.5. The van der Waals surface area contributed by atoms with Crippen molar-refractivity contribution in [3.05, 3.63) is 75.6 Å². The van der Waals surface area contributed by atoms with Gasteiger partial charge in [0.25, 0.3) is 5.56 Å². The van der Waals surface area contributed by atoms with Crippen molar-refractivity contribution in [1.29, 1.82) is 0 Å². The molecule has 2 heterocycles. The summed E-state index contributed by atoms with van der Waals surface area (Å²) in [5, 5.41) is 8.21. The lowest BCUT2D eigenvalue weighted by Gasteiger charge is -2.17. The zero-order chi connectivity index (χ0) is 20.4. The first-order valence-electron chi connectivity index (χ1n) is 9.39. The van der Waals surface area contributed by atoms with Crippen molar-refractivity contribution >= 4 is 27.8 Å². The molecule has 2 aromatic carbocycles. The molecule has 4 aromatic rings. The number of rotatable bonds is 6. The van der Waals surface area contributed by atoms with Crippen LogP contribution in [0.1, 0.15) is 13.3 Å². The average molecular weight is 392 g/mol. The molecule has 0 aliphatic carbocycles. The third-order valence-electron chi connectivity index (χ3n) is 4.89. The number of aromatic nitrogens is 3. The highest BCUT2D eigenvalue weighted by Crippen LogP contribution is 2.12. The van der Waals surface area contributed by atoms with E-state index in [2.05, 4.69) is 10.4 Å². The number of amides is 1. The molecule has 2 aromatic heterocycles. The van der Waals surface area contributed by atoms with Crippen LogP contribution in [0.4, 0.5) is 0 Å². The lowest BCUT2D eigenvalue weighted by atomic mass is 10.2. The molecule has 0 spiro atoms. The molecule has 0 aliphatic rings. The summed E-state index contributed by atoms with van der Waals surface area (Å²) in [6, 6.07) is 14.0. The van der Waals surface area contributed by atoms with Gasteiger partial charge in [0.05, 0.1) is 17.1 Å². The Hall–Kier alpha value is -3.68. The van der Waals surface area contributed by atoms with E-state index in [0.717, 1.165) is 10.1 Å². The fourth-order valence-corrected chi connectivity index (χ4v) is 3.33. The Balaban J connectivity index is 1.51. The highest BCUT2D eigenvalue weighted by Gasteiger charge is 2.17. The van der Waals surface area contributed by atoms with Crippen molar-refractivity contribution in [2.24, 2.45) is 0 Å². The molecule has 0 saturated heterocycles. The molecule has 1 atom stereocenters. The number of carbonyl (C=O) groups excluding carboxylic acids is 1. The summed E-state index contributed by atoms with van der Waals surface area (Å²) in [5.74, 6) is -0.811. The van der Waals surface area contributed by atoms with Crippen molar-refractivity contribution in [1.82, 2.24) is 19.7 Å². The third kappa shape index (κ3) is 3.69. The third-order valence-corrected chi connectivity index (χ3v) is 4.89. The van der Waals surface area contributed by atoms with Gasteiger partial charge < -0.3 is 9.73 Å². The second kappa shape index (κ2) is 7.75. The van der Waals surface area contributed by atoms with Gasteiger partial charge in [0, 0.05) is 18.0 Å². The zero-order valence-corrected chi connectivity index (χ0v) is 15.9. The fraction of sp³-hybridized carbons (Fsp3) is 0.238. The van der Waals surface area contributed by atoms with Crippen molar-refractivity contribution in [2.75, 3.05) is 0 Å². The van der Waals surface area contributed by atoms with Gasteiger partial charge in [-0.1, -0.05) is 37.3 Å². The quantitative estimate of drug-likeness (QED) is 0.540. The Morgan fingerprint density at radius 1 is 1.14 bits per heavy atom. The molecular weight excluding hydrogens is 372 g/mol. The standard InChI is InChI=1S/C21H20N4O4/c1-2-15(12-24-17-9-5-6-10-18(17)29-21(24)28)23-19(26)13-25-20(27)16-8-4-3-7-14(16)11-22-25/h3-11,15H,2,12-13H2,1H3,(H,23,26)/t15-/m1/s1. The van der Waals surface area contributed by atoms with Crippen molar-refractivity contribution in [2.45, 2.75) is 32.5 Å². The lowest BCUT2D eigenvalue weighted by molar-refractivity contribution is -0.122. The monoisotopic (exact) mass is 392 g/mol. The molecule has 29 heavy (non-hydrogen) atoms. The smallest absolute Gasteiger partial charge is 0.408 e. The van der Waals surface area contributed by atoms with Gasteiger partial charge >= 0.3 is 5.76 Å². The summed E-state index contributed by atoms with van der Waals surface area (Å²) in [4.78, 5) is 37.2. The Labute approximate surface area is 165 Å². The molecular formula is C21H20N4O4. The molecule has 1 N–H and O–H groups in total. The van der Waals surface area contributed by atoms with Crippen molar-refractivity contribution in [3.63, 3.8) is 0 Å². The first kappa shape index (κ1) is 18.7. The number of nitrogens with zero attached hydrogens (tertiary/aromatic N) is 3. The predicted octanol–water partition coefficient (Wildman–Crippen LogP) is 1.90. The largest absolute Gasteiger partial charge is 0.420 e. The van der Waals surface area contributed by atoms with Gasteiger partial charge in [-0.25, -0.2) is 9.48 Å². The number of oxazole rings is 1. The summed E-state index contributed by atoms with van der Waals surface area (Å²) in [7, 11) is 0. The summed E-state index contributed by atoms with van der Waals surface area (Å²) < 4.78 is 7.89. The Morgan fingerprint density at radius 2 is 1.90 bits per heavy atom. The minimum Gasteiger partial charge on any atom is -0.408 e. The van der Waals surface area contributed by atoms with E-state index >= 15 is 0 Å². The van der Waals surface area contributed by atoms with Crippen LogP contribution in [0.3, 0.4) is 0 Å². The Kier molecular flexibility index (Phi) is 4.99. The molecule has 0 radical (unpaired) electrons. The van der Waals surface area contributed by atoms with Gasteiger partial charge in [0.15, 0.2) is 5.58 Å². The first-order valence-corrected chi connectivity index (χ1v) is 9.39. The van der Waals surface area contributed by atoms with E-state index in [0.29, 0.717) is 22.9 Å². The molecule has 0 saturated carbocycles. The number of hydrogen-bond donors (Lipinski definition) is 1. The van der Waals surface area contributed by atoms with Crippen LogP contribution in [-0.2, 0) is 17.9 Å². The number of fused-ring (bicyclic) bond motifs is 2. The van der Waals surface area contributed by atoms with E-state index in [1.165, 1.54) is 4.57 Å². The minimum absolute atomic E-state index is 0.193. The van der Waals surface area contributed by atoms with Crippen LogP contribution in [0.2, 0.25) is 0 Å². The summed E-state index contributed by atoms with van der Waals surface area (Å²) in [6.45, 7) is 2.00. The van der Waals surface area contributed by atoms with Crippen molar-refractivity contribution < 1.29 is 9.21 Å². The van der Waals surface area contributed by atoms with Gasteiger partial charge in [-0.05, 0) is 24.6 Å². The zero-order valence-electron chi connectivity index (χ0n) is 15.9. The summed E-state index contributed by atoms with van der Waals surface area (Å²) in [6.07, 6.45) is 2.18. The molecule has 0 aliphatic heterocycles. The van der Waals surface area contributed by atoms with Crippen LogP contribution in [-0.4, -0.2) is 26.3 Å². The van der Waals surface area contributed by atoms with E-state index < -0.39 is 5.76 Å². The minimum atomic E-state index is -0.466. The number of para-hydroxylation sites is 2. The van der Waals surface area contributed by atoms with E-state index in [4.69, 9.17) is 4.42 Å². The van der Waals surface area contributed by atoms with Crippen molar-refractivity contribution in [3.8, 4) is 0 Å². The summed E-state index contributed by atoms with van der Waals surface area (Å²) in [5.41, 5.74) is 0.867. The summed E-state index contributed by atoms with van der Waals surface area (Å²) >= 11 is 0. The SMILES string of the molecule is CC[C@H](Cn1c(=O)oc2ccccc21)NC(=O)Cn1ncc2ccccc2c1=O. The van der Waals surface area contributed by atoms with Gasteiger partial charge in [0.1, 0.15) is 6.54 Å².